The Balaban J connectivity index is 1.51. The van der Waals surface area contributed by atoms with Gasteiger partial charge in [-0.3, -0.25) is 9.59 Å². The number of amides is 1. The monoisotopic (exact) mass is 434 g/mol. The summed E-state index contributed by atoms with van der Waals surface area (Å²) in [6.45, 7) is 4.16. The molecule has 1 atom stereocenters. The van der Waals surface area contributed by atoms with E-state index in [2.05, 4.69) is 20.5 Å². The number of benzene rings is 2. The van der Waals surface area contributed by atoms with Gasteiger partial charge in [-0.05, 0) is 53.6 Å². The first kappa shape index (κ1) is 20.8. The van der Waals surface area contributed by atoms with Crippen molar-refractivity contribution in [2.45, 2.75) is 30.8 Å². The number of fused-ring (bicyclic) bond motifs is 1. The summed E-state index contributed by atoms with van der Waals surface area (Å²) >= 11 is 1.30. The van der Waals surface area contributed by atoms with E-state index in [1.165, 1.54) is 11.8 Å². The lowest BCUT2D eigenvalue weighted by Crippen LogP contribution is -2.33. The van der Waals surface area contributed by atoms with Gasteiger partial charge in [-0.15, -0.1) is 5.10 Å². The van der Waals surface area contributed by atoms with Crippen molar-refractivity contribution in [2.75, 3.05) is 7.05 Å². The number of nitrogens with one attached hydrogen (secondary N) is 1. The van der Waals surface area contributed by atoms with Crippen molar-refractivity contribution in [1.29, 1.82) is 0 Å². The van der Waals surface area contributed by atoms with Crippen LogP contribution in [0.1, 0.15) is 18.1 Å². The summed E-state index contributed by atoms with van der Waals surface area (Å²) in [6.07, 6.45) is 0. The molecule has 0 radical (unpaired) electrons. The zero-order valence-electron chi connectivity index (χ0n) is 17.4. The van der Waals surface area contributed by atoms with Gasteiger partial charge >= 0.3 is 0 Å². The molecule has 0 aliphatic carbocycles. The van der Waals surface area contributed by atoms with Gasteiger partial charge in [0.25, 0.3) is 0 Å². The SMILES string of the molecule is Cc1cccc(-n2nnnc2SC(C)C(=O)N(C)Cc2cc(=O)[nH]c3ccccc23)c1. The Morgan fingerprint density at radius 3 is 2.81 bits per heavy atom. The van der Waals surface area contributed by atoms with Crippen LogP contribution < -0.4 is 5.56 Å². The third-order valence-electron chi connectivity index (χ3n) is 4.94. The fourth-order valence-corrected chi connectivity index (χ4v) is 4.36. The largest absolute Gasteiger partial charge is 0.340 e. The molecule has 158 valence electrons. The topological polar surface area (TPSA) is 96.8 Å². The van der Waals surface area contributed by atoms with Gasteiger partial charge in [-0.1, -0.05) is 42.1 Å². The normalized spacial score (nSPS) is 12.1. The molecule has 0 aliphatic heterocycles. The van der Waals surface area contributed by atoms with Crippen LogP contribution in [0.5, 0.6) is 0 Å². The van der Waals surface area contributed by atoms with Crippen LogP contribution >= 0.6 is 11.8 Å². The fraction of sp³-hybridized carbons (Fsp3) is 0.227. The number of pyridine rings is 1. The molecule has 0 saturated heterocycles. The number of carbonyl (C=O) groups is 1. The van der Waals surface area contributed by atoms with Gasteiger partial charge in [0, 0.05) is 30.6 Å². The maximum Gasteiger partial charge on any atom is 0.248 e. The molecule has 0 fully saturated rings. The highest BCUT2D eigenvalue weighted by atomic mass is 32.2. The van der Waals surface area contributed by atoms with Crippen molar-refractivity contribution < 1.29 is 4.79 Å². The lowest BCUT2D eigenvalue weighted by molar-refractivity contribution is -0.129. The van der Waals surface area contributed by atoms with Crippen LogP contribution in [0.15, 0.2) is 64.5 Å². The maximum absolute atomic E-state index is 13.0. The van der Waals surface area contributed by atoms with E-state index in [9.17, 15) is 9.59 Å². The number of aryl methyl sites for hydroxylation is 1. The molecule has 1 amide bonds. The van der Waals surface area contributed by atoms with Crippen LogP contribution in [0.25, 0.3) is 16.6 Å². The van der Waals surface area contributed by atoms with E-state index in [-0.39, 0.29) is 11.5 Å². The number of hydrogen-bond donors (Lipinski definition) is 1. The lowest BCUT2D eigenvalue weighted by Gasteiger charge is -2.21. The summed E-state index contributed by atoms with van der Waals surface area (Å²) in [5.74, 6) is -0.0758. The second-order valence-electron chi connectivity index (χ2n) is 7.37. The minimum atomic E-state index is -0.409. The Bertz CT molecular complexity index is 1300. The average Bonchev–Trinajstić information content (AvgIpc) is 3.21. The molecule has 0 aliphatic rings. The number of para-hydroxylation sites is 1. The second-order valence-corrected chi connectivity index (χ2v) is 8.68. The Labute approximate surface area is 183 Å². The minimum Gasteiger partial charge on any atom is -0.340 e. The van der Waals surface area contributed by atoms with Crippen molar-refractivity contribution in [1.82, 2.24) is 30.1 Å². The fourth-order valence-electron chi connectivity index (χ4n) is 3.43. The lowest BCUT2D eigenvalue weighted by atomic mass is 10.1. The molecule has 8 nitrogen and oxygen atoms in total. The Morgan fingerprint density at radius 1 is 1.19 bits per heavy atom. The smallest absolute Gasteiger partial charge is 0.248 e. The van der Waals surface area contributed by atoms with Gasteiger partial charge in [0.1, 0.15) is 0 Å². The summed E-state index contributed by atoms with van der Waals surface area (Å²) in [7, 11) is 1.74. The third-order valence-corrected chi connectivity index (χ3v) is 5.96. The summed E-state index contributed by atoms with van der Waals surface area (Å²) in [5.41, 5.74) is 3.31. The first-order valence-corrected chi connectivity index (χ1v) is 10.7. The van der Waals surface area contributed by atoms with E-state index < -0.39 is 5.25 Å². The van der Waals surface area contributed by atoms with Gasteiger partial charge in [-0.2, -0.15) is 4.68 Å². The Kier molecular flexibility index (Phi) is 5.85. The third kappa shape index (κ3) is 4.51. The highest BCUT2D eigenvalue weighted by molar-refractivity contribution is 8.00. The number of aromatic amines is 1. The number of carbonyl (C=O) groups excluding carboxylic acids is 1. The number of tetrazole rings is 1. The van der Waals surface area contributed by atoms with E-state index in [0.717, 1.165) is 27.7 Å². The summed E-state index contributed by atoms with van der Waals surface area (Å²) in [5, 5.41) is 13.0. The van der Waals surface area contributed by atoms with Crippen molar-refractivity contribution in [3.05, 3.63) is 76.1 Å². The molecule has 1 N–H and O–H groups in total. The number of hydrogen-bond acceptors (Lipinski definition) is 6. The van der Waals surface area contributed by atoms with Crippen molar-refractivity contribution in [2.24, 2.45) is 0 Å². The van der Waals surface area contributed by atoms with Crippen LogP contribution in [0, 0.1) is 6.92 Å². The number of H-pyrrole nitrogens is 1. The predicted molar refractivity (Wildman–Crippen MR) is 120 cm³/mol. The summed E-state index contributed by atoms with van der Waals surface area (Å²) < 4.78 is 1.63. The van der Waals surface area contributed by atoms with Crippen LogP contribution in [-0.4, -0.2) is 48.3 Å². The molecular weight excluding hydrogens is 412 g/mol. The molecule has 31 heavy (non-hydrogen) atoms. The molecular formula is C22H22N6O2S. The highest BCUT2D eigenvalue weighted by Crippen LogP contribution is 2.25. The highest BCUT2D eigenvalue weighted by Gasteiger charge is 2.23. The van der Waals surface area contributed by atoms with Crippen molar-refractivity contribution >= 4 is 28.6 Å². The zero-order chi connectivity index (χ0) is 22.0. The van der Waals surface area contributed by atoms with Crippen LogP contribution in [0.4, 0.5) is 0 Å². The summed E-state index contributed by atoms with van der Waals surface area (Å²) in [4.78, 5) is 29.5. The van der Waals surface area contributed by atoms with Crippen LogP contribution in [0.3, 0.4) is 0 Å². The van der Waals surface area contributed by atoms with E-state index in [4.69, 9.17) is 0 Å². The number of thioether (sulfide) groups is 1. The molecule has 2 aromatic heterocycles. The van der Waals surface area contributed by atoms with Gasteiger partial charge in [0.15, 0.2) is 0 Å². The zero-order valence-corrected chi connectivity index (χ0v) is 18.3. The molecule has 0 bridgehead atoms. The molecule has 1 unspecified atom stereocenters. The maximum atomic E-state index is 13.0. The predicted octanol–water partition coefficient (Wildman–Crippen LogP) is 2.95. The average molecular weight is 435 g/mol. The van der Waals surface area contributed by atoms with Crippen molar-refractivity contribution in [3.63, 3.8) is 0 Å². The molecule has 2 heterocycles. The molecule has 4 aromatic rings. The van der Waals surface area contributed by atoms with E-state index in [0.29, 0.717) is 11.7 Å². The van der Waals surface area contributed by atoms with Gasteiger partial charge in [-0.25, -0.2) is 0 Å². The molecule has 9 heteroatoms. The number of nitrogens with zero attached hydrogens (tertiary/aromatic N) is 5. The van der Waals surface area contributed by atoms with Crippen molar-refractivity contribution in [3.8, 4) is 5.69 Å². The number of rotatable bonds is 6. The Morgan fingerprint density at radius 2 is 2.00 bits per heavy atom. The van der Waals surface area contributed by atoms with Gasteiger partial charge in [0.05, 0.1) is 10.9 Å². The van der Waals surface area contributed by atoms with Gasteiger partial charge in [0.2, 0.25) is 16.6 Å². The van der Waals surface area contributed by atoms with E-state index in [1.807, 2.05) is 62.4 Å². The standard InChI is InChI=1S/C22H22N6O2S/c1-14-7-6-8-17(11-14)28-22(24-25-26-28)31-15(2)21(30)27(3)13-16-12-20(29)23-19-10-5-4-9-18(16)19/h4-12,15H,13H2,1-3H3,(H,23,29). The van der Waals surface area contributed by atoms with E-state index >= 15 is 0 Å². The van der Waals surface area contributed by atoms with E-state index in [1.54, 1.807) is 22.7 Å². The first-order chi connectivity index (χ1) is 14.9. The van der Waals surface area contributed by atoms with Crippen LogP contribution in [0.2, 0.25) is 0 Å². The molecule has 0 saturated carbocycles. The second kappa shape index (κ2) is 8.73. The molecule has 2 aromatic carbocycles. The summed E-state index contributed by atoms with van der Waals surface area (Å²) in [6, 6.07) is 17.0. The number of aromatic nitrogens is 5. The minimum absolute atomic E-state index is 0.0758. The molecule has 0 spiro atoms. The quantitative estimate of drug-likeness (QED) is 0.469. The Hall–Kier alpha value is -3.46. The van der Waals surface area contributed by atoms with Gasteiger partial charge < -0.3 is 9.88 Å². The van der Waals surface area contributed by atoms with Crippen LogP contribution in [-0.2, 0) is 11.3 Å². The first-order valence-electron chi connectivity index (χ1n) is 9.80. The molecule has 4 rings (SSSR count).